The van der Waals surface area contributed by atoms with Crippen LogP contribution in [0.5, 0.6) is 28.7 Å². The van der Waals surface area contributed by atoms with Crippen molar-refractivity contribution in [2.24, 2.45) is 0 Å². The largest absolute Gasteiger partial charge is 0.493 e. The summed E-state index contributed by atoms with van der Waals surface area (Å²) in [6.45, 7) is 2.15. The third-order valence-electron chi connectivity index (χ3n) is 4.43. The first kappa shape index (κ1) is 23.4. The summed E-state index contributed by atoms with van der Waals surface area (Å²) in [7, 11) is 7.78. The van der Waals surface area contributed by atoms with E-state index in [1.165, 1.54) is 6.08 Å². The highest BCUT2D eigenvalue weighted by molar-refractivity contribution is 9.10. The van der Waals surface area contributed by atoms with Gasteiger partial charge in [-0.1, -0.05) is 0 Å². The SMILES string of the molecule is COc1cc(/C(C)=C\C(=O)NCc2cc(OC)c(OC)c(OC)c2)cc(Br)c1OC. The quantitative estimate of drug-likeness (QED) is 0.542. The number of rotatable bonds is 9. The minimum atomic E-state index is -0.229. The van der Waals surface area contributed by atoms with Gasteiger partial charge in [-0.3, -0.25) is 4.79 Å². The molecule has 2 rings (SSSR count). The number of carbonyl (C=O) groups excluding carboxylic acids is 1. The van der Waals surface area contributed by atoms with Crippen LogP contribution in [-0.4, -0.2) is 41.5 Å². The molecule has 0 aliphatic carbocycles. The molecule has 2 aromatic rings. The molecule has 0 fully saturated rings. The predicted octanol–water partition coefficient (Wildman–Crippen LogP) is 4.21. The molecule has 0 aromatic heterocycles. The molecule has 2 aromatic carbocycles. The zero-order valence-electron chi connectivity index (χ0n) is 17.9. The van der Waals surface area contributed by atoms with Gasteiger partial charge in [0.05, 0.1) is 40.0 Å². The summed E-state index contributed by atoms with van der Waals surface area (Å²) in [5.41, 5.74) is 2.43. The van der Waals surface area contributed by atoms with E-state index in [2.05, 4.69) is 21.2 Å². The first-order chi connectivity index (χ1) is 14.4. The van der Waals surface area contributed by atoms with E-state index in [0.717, 1.165) is 21.2 Å². The van der Waals surface area contributed by atoms with Crippen LogP contribution in [0, 0.1) is 0 Å². The minimum absolute atomic E-state index is 0.229. The van der Waals surface area contributed by atoms with Crippen LogP contribution in [0.3, 0.4) is 0 Å². The Balaban J connectivity index is 2.17. The standard InChI is InChI=1S/C22H26BrNO6/c1-13(15-10-16(23)21(29-5)19(11-15)28-4)7-20(25)24-12-14-8-17(26-2)22(30-6)18(9-14)27-3/h7-11H,12H2,1-6H3,(H,24,25)/b13-7-. The summed E-state index contributed by atoms with van der Waals surface area (Å²) in [5.74, 6) is 2.51. The molecule has 1 N–H and O–H groups in total. The summed E-state index contributed by atoms with van der Waals surface area (Å²) in [4.78, 5) is 12.5. The minimum Gasteiger partial charge on any atom is -0.493 e. The van der Waals surface area contributed by atoms with E-state index in [1.807, 2.05) is 19.1 Å². The Morgan fingerprint density at radius 3 is 1.90 bits per heavy atom. The normalized spacial score (nSPS) is 11.0. The highest BCUT2D eigenvalue weighted by Gasteiger charge is 2.14. The first-order valence-corrected chi connectivity index (χ1v) is 9.84. The zero-order chi connectivity index (χ0) is 22.3. The maximum Gasteiger partial charge on any atom is 0.244 e. The van der Waals surface area contributed by atoms with Gasteiger partial charge < -0.3 is 29.0 Å². The second-order valence-electron chi connectivity index (χ2n) is 6.27. The summed E-state index contributed by atoms with van der Waals surface area (Å²) in [6.07, 6.45) is 1.53. The van der Waals surface area contributed by atoms with Gasteiger partial charge in [-0.2, -0.15) is 0 Å². The van der Waals surface area contributed by atoms with Crippen LogP contribution in [0.15, 0.2) is 34.8 Å². The Labute approximate surface area is 185 Å². The van der Waals surface area contributed by atoms with E-state index in [1.54, 1.807) is 47.7 Å². The van der Waals surface area contributed by atoms with E-state index >= 15 is 0 Å². The highest BCUT2D eigenvalue weighted by atomic mass is 79.9. The van der Waals surface area contributed by atoms with Gasteiger partial charge in [0.1, 0.15) is 0 Å². The topological polar surface area (TPSA) is 75.3 Å². The van der Waals surface area contributed by atoms with Gasteiger partial charge in [0.15, 0.2) is 23.0 Å². The molecule has 8 heteroatoms. The van der Waals surface area contributed by atoms with Crippen molar-refractivity contribution in [1.82, 2.24) is 5.32 Å². The molecule has 0 unspecified atom stereocenters. The lowest BCUT2D eigenvalue weighted by molar-refractivity contribution is -0.116. The van der Waals surface area contributed by atoms with Crippen LogP contribution in [0.25, 0.3) is 5.57 Å². The Bertz CT molecular complexity index is 916. The van der Waals surface area contributed by atoms with E-state index in [9.17, 15) is 4.79 Å². The lowest BCUT2D eigenvalue weighted by Crippen LogP contribution is -2.20. The van der Waals surface area contributed by atoms with Crippen molar-refractivity contribution in [1.29, 1.82) is 0 Å². The Hall–Kier alpha value is -2.87. The highest BCUT2D eigenvalue weighted by Crippen LogP contribution is 2.39. The van der Waals surface area contributed by atoms with Gasteiger partial charge in [0.2, 0.25) is 11.7 Å². The number of carbonyl (C=O) groups is 1. The average molecular weight is 480 g/mol. The smallest absolute Gasteiger partial charge is 0.244 e. The molecule has 0 saturated carbocycles. The maximum atomic E-state index is 12.5. The molecule has 1 amide bonds. The van der Waals surface area contributed by atoms with Crippen molar-refractivity contribution < 1.29 is 28.5 Å². The summed E-state index contributed by atoms with van der Waals surface area (Å²) in [6, 6.07) is 7.29. The van der Waals surface area contributed by atoms with Crippen molar-refractivity contribution in [2.45, 2.75) is 13.5 Å². The molecule has 0 bridgehead atoms. The van der Waals surface area contributed by atoms with Crippen LogP contribution in [0.4, 0.5) is 0 Å². The number of hydrogen-bond acceptors (Lipinski definition) is 6. The number of hydrogen-bond donors (Lipinski definition) is 1. The van der Waals surface area contributed by atoms with Crippen LogP contribution in [0.2, 0.25) is 0 Å². The molecule has 0 spiro atoms. The fraction of sp³-hybridized carbons (Fsp3) is 0.318. The number of halogens is 1. The van der Waals surface area contributed by atoms with Gasteiger partial charge in [0.25, 0.3) is 0 Å². The molecular weight excluding hydrogens is 454 g/mol. The molecule has 0 radical (unpaired) electrons. The number of ether oxygens (including phenoxy) is 5. The molecule has 30 heavy (non-hydrogen) atoms. The van der Waals surface area contributed by atoms with E-state index < -0.39 is 0 Å². The van der Waals surface area contributed by atoms with Crippen LogP contribution < -0.4 is 29.0 Å². The van der Waals surface area contributed by atoms with Crippen LogP contribution >= 0.6 is 15.9 Å². The van der Waals surface area contributed by atoms with Crippen molar-refractivity contribution in [2.75, 3.05) is 35.5 Å². The predicted molar refractivity (Wildman–Crippen MR) is 119 cm³/mol. The van der Waals surface area contributed by atoms with E-state index in [0.29, 0.717) is 35.3 Å². The van der Waals surface area contributed by atoms with Crippen molar-refractivity contribution >= 4 is 27.4 Å². The van der Waals surface area contributed by atoms with Gasteiger partial charge >= 0.3 is 0 Å². The summed E-state index contributed by atoms with van der Waals surface area (Å²) in [5, 5.41) is 2.87. The number of nitrogens with one attached hydrogen (secondary N) is 1. The van der Waals surface area contributed by atoms with Crippen molar-refractivity contribution in [3.05, 3.63) is 45.9 Å². The fourth-order valence-corrected chi connectivity index (χ4v) is 3.51. The number of allylic oxidation sites excluding steroid dienone is 1. The van der Waals surface area contributed by atoms with Crippen molar-refractivity contribution in [3.63, 3.8) is 0 Å². The molecule has 0 saturated heterocycles. The number of methoxy groups -OCH3 is 5. The third kappa shape index (κ3) is 5.38. The van der Waals surface area contributed by atoms with Crippen LogP contribution in [-0.2, 0) is 11.3 Å². The Morgan fingerprint density at radius 2 is 1.40 bits per heavy atom. The second kappa shape index (κ2) is 10.8. The summed E-state index contributed by atoms with van der Waals surface area (Å²) >= 11 is 3.47. The lowest BCUT2D eigenvalue weighted by atomic mass is 10.1. The first-order valence-electron chi connectivity index (χ1n) is 9.05. The Kier molecular flexibility index (Phi) is 8.41. The molecule has 162 valence electrons. The molecule has 0 aliphatic heterocycles. The van der Waals surface area contributed by atoms with Gasteiger partial charge in [-0.25, -0.2) is 0 Å². The zero-order valence-corrected chi connectivity index (χ0v) is 19.5. The molecule has 7 nitrogen and oxygen atoms in total. The lowest BCUT2D eigenvalue weighted by Gasteiger charge is -2.14. The average Bonchev–Trinajstić information content (AvgIpc) is 2.75. The van der Waals surface area contributed by atoms with Crippen molar-refractivity contribution in [3.8, 4) is 28.7 Å². The summed E-state index contributed by atoms with van der Waals surface area (Å²) < 4.78 is 27.4. The maximum absolute atomic E-state index is 12.5. The molecule has 0 aliphatic rings. The third-order valence-corrected chi connectivity index (χ3v) is 5.02. The van der Waals surface area contributed by atoms with Gasteiger partial charge in [-0.15, -0.1) is 0 Å². The molecular formula is C22H26BrNO6. The van der Waals surface area contributed by atoms with Gasteiger partial charge in [-0.05, 0) is 63.8 Å². The number of benzene rings is 2. The second-order valence-corrected chi connectivity index (χ2v) is 7.13. The molecule has 0 atom stereocenters. The molecule has 0 heterocycles. The van der Waals surface area contributed by atoms with Crippen LogP contribution in [0.1, 0.15) is 18.1 Å². The monoisotopic (exact) mass is 479 g/mol. The Morgan fingerprint density at radius 1 is 0.867 bits per heavy atom. The van der Waals surface area contributed by atoms with Gasteiger partial charge in [0, 0.05) is 12.6 Å². The fourth-order valence-electron chi connectivity index (χ4n) is 2.90. The van der Waals surface area contributed by atoms with E-state index in [4.69, 9.17) is 23.7 Å². The van der Waals surface area contributed by atoms with E-state index in [-0.39, 0.29) is 5.91 Å². The number of amides is 1.